The first-order valence-corrected chi connectivity index (χ1v) is 6.03. The van der Waals surface area contributed by atoms with Crippen LogP contribution in [0.4, 0.5) is 0 Å². The summed E-state index contributed by atoms with van der Waals surface area (Å²) in [5, 5.41) is 0. The minimum Gasteiger partial charge on any atom is -0.378 e. The molecule has 0 unspecified atom stereocenters. The van der Waals surface area contributed by atoms with Gasteiger partial charge >= 0.3 is 0 Å². The maximum Gasteiger partial charge on any atom is 0.0729 e. The van der Waals surface area contributed by atoms with Crippen LogP contribution in [0.25, 0.3) is 0 Å². The lowest BCUT2D eigenvalue weighted by atomic mass is 9.86. The van der Waals surface area contributed by atoms with Crippen molar-refractivity contribution < 1.29 is 9.47 Å². The lowest BCUT2D eigenvalue weighted by Crippen LogP contribution is -2.42. The van der Waals surface area contributed by atoms with Gasteiger partial charge in [-0.15, -0.1) is 0 Å². The van der Waals surface area contributed by atoms with Gasteiger partial charge in [0.25, 0.3) is 0 Å². The van der Waals surface area contributed by atoms with Crippen LogP contribution in [0, 0.1) is 11.8 Å². The van der Waals surface area contributed by atoms with Gasteiger partial charge in [0.1, 0.15) is 0 Å². The SMILES string of the molecule is C[C@@H]1C[C@]2(CCO1)CC[C@H]1C[C@H]1CO2. The molecule has 0 N–H and O–H groups in total. The van der Waals surface area contributed by atoms with Crippen molar-refractivity contribution in [1.82, 2.24) is 0 Å². The fraction of sp³-hybridized carbons (Fsp3) is 1.00. The van der Waals surface area contributed by atoms with Crippen molar-refractivity contribution in [1.29, 1.82) is 0 Å². The summed E-state index contributed by atoms with van der Waals surface area (Å²) < 4.78 is 11.8. The normalized spacial score (nSPS) is 52.5. The molecule has 2 heteroatoms. The van der Waals surface area contributed by atoms with Crippen LogP contribution in [0.1, 0.15) is 39.0 Å². The Morgan fingerprint density at radius 1 is 1.21 bits per heavy atom. The summed E-state index contributed by atoms with van der Waals surface area (Å²) in [5.74, 6) is 1.92. The predicted octanol–water partition coefficient (Wildman–Crippen LogP) is 2.37. The Kier molecular flexibility index (Phi) is 2.10. The summed E-state index contributed by atoms with van der Waals surface area (Å²) in [6.07, 6.45) is 6.75. The fourth-order valence-corrected chi connectivity index (χ4v) is 3.16. The maximum atomic E-state index is 6.18. The molecule has 3 fully saturated rings. The highest BCUT2D eigenvalue weighted by Crippen LogP contribution is 2.49. The standard InChI is InChI=1S/C12H20O2/c1-9-7-12(4-5-13-9)3-2-10-6-11(10)8-14-12/h9-11H,2-8H2,1H3/t9-,10+,11+,12-/m1/s1. The number of rotatable bonds is 0. The molecule has 0 bridgehead atoms. The first-order valence-electron chi connectivity index (χ1n) is 6.03. The molecule has 0 aromatic rings. The topological polar surface area (TPSA) is 18.5 Å². The molecule has 2 heterocycles. The van der Waals surface area contributed by atoms with E-state index in [4.69, 9.17) is 9.47 Å². The molecule has 3 rings (SSSR count). The van der Waals surface area contributed by atoms with Crippen LogP contribution in [0.15, 0.2) is 0 Å². The quantitative estimate of drug-likeness (QED) is 0.592. The molecule has 1 aliphatic carbocycles. The van der Waals surface area contributed by atoms with Crippen LogP contribution in [-0.4, -0.2) is 24.9 Å². The van der Waals surface area contributed by atoms with Gasteiger partial charge in [-0.25, -0.2) is 0 Å². The third-order valence-electron chi connectivity index (χ3n) is 4.26. The van der Waals surface area contributed by atoms with Crippen LogP contribution in [0.5, 0.6) is 0 Å². The van der Waals surface area contributed by atoms with Crippen LogP contribution < -0.4 is 0 Å². The molecular formula is C12H20O2. The third-order valence-corrected chi connectivity index (χ3v) is 4.26. The summed E-state index contributed by atoms with van der Waals surface area (Å²) in [7, 11) is 0. The number of hydrogen-bond donors (Lipinski definition) is 0. The van der Waals surface area contributed by atoms with Crippen molar-refractivity contribution in [2.75, 3.05) is 13.2 Å². The number of hydrogen-bond acceptors (Lipinski definition) is 2. The van der Waals surface area contributed by atoms with Crippen molar-refractivity contribution in [2.24, 2.45) is 11.8 Å². The van der Waals surface area contributed by atoms with E-state index in [1.54, 1.807) is 0 Å². The Labute approximate surface area is 86.0 Å². The van der Waals surface area contributed by atoms with E-state index in [0.717, 1.165) is 37.9 Å². The average molecular weight is 196 g/mol. The van der Waals surface area contributed by atoms with Gasteiger partial charge in [0, 0.05) is 13.0 Å². The van der Waals surface area contributed by atoms with Crippen molar-refractivity contribution in [3.63, 3.8) is 0 Å². The second kappa shape index (κ2) is 3.21. The summed E-state index contributed by atoms with van der Waals surface area (Å²) in [5.41, 5.74) is 0.199. The third kappa shape index (κ3) is 1.59. The van der Waals surface area contributed by atoms with Gasteiger partial charge in [-0.1, -0.05) is 0 Å². The fourth-order valence-electron chi connectivity index (χ4n) is 3.16. The Bertz CT molecular complexity index is 214. The average Bonchev–Trinajstić information content (AvgIpc) is 2.90. The molecule has 1 saturated carbocycles. The molecule has 0 amide bonds. The van der Waals surface area contributed by atoms with Crippen LogP contribution in [0.2, 0.25) is 0 Å². The molecule has 14 heavy (non-hydrogen) atoms. The van der Waals surface area contributed by atoms with Gasteiger partial charge in [-0.05, 0) is 44.4 Å². The van der Waals surface area contributed by atoms with E-state index in [2.05, 4.69) is 6.92 Å². The molecule has 0 radical (unpaired) electrons. The summed E-state index contributed by atoms with van der Waals surface area (Å²) in [4.78, 5) is 0. The summed E-state index contributed by atoms with van der Waals surface area (Å²) in [6, 6.07) is 0. The zero-order valence-electron chi connectivity index (χ0n) is 9.00. The lowest BCUT2D eigenvalue weighted by Gasteiger charge is -2.39. The smallest absolute Gasteiger partial charge is 0.0729 e. The van der Waals surface area contributed by atoms with Crippen LogP contribution in [-0.2, 0) is 9.47 Å². The molecule has 0 aromatic carbocycles. The second-order valence-electron chi connectivity index (χ2n) is 5.42. The molecule has 3 aliphatic rings. The zero-order valence-corrected chi connectivity index (χ0v) is 9.00. The Hall–Kier alpha value is -0.0800. The van der Waals surface area contributed by atoms with E-state index < -0.39 is 0 Å². The van der Waals surface area contributed by atoms with E-state index in [0.29, 0.717) is 6.10 Å². The van der Waals surface area contributed by atoms with E-state index in [-0.39, 0.29) is 5.60 Å². The monoisotopic (exact) mass is 196 g/mol. The Morgan fingerprint density at radius 3 is 3.00 bits per heavy atom. The molecule has 2 aliphatic heterocycles. The van der Waals surface area contributed by atoms with E-state index in [9.17, 15) is 0 Å². The zero-order chi connectivity index (χ0) is 9.60. The Morgan fingerprint density at radius 2 is 2.14 bits per heavy atom. The van der Waals surface area contributed by atoms with Gasteiger partial charge < -0.3 is 9.47 Å². The van der Waals surface area contributed by atoms with Crippen molar-refractivity contribution in [3.05, 3.63) is 0 Å². The molecule has 4 atom stereocenters. The first-order chi connectivity index (χ1) is 6.77. The largest absolute Gasteiger partial charge is 0.378 e. The van der Waals surface area contributed by atoms with Crippen LogP contribution >= 0.6 is 0 Å². The Balaban J connectivity index is 1.68. The van der Waals surface area contributed by atoms with E-state index >= 15 is 0 Å². The van der Waals surface area contributed by atoms with Crippen molar-refractivity contribution in [3.8, 4) is 0 Å². The van der Waals surface area contributed by atoms with Crippen molar-refractivity contribution >= 4 is 0 Å². The number of fused-ring (bicyclic) bond motifs is 1. The van der Waals surface area contributed by atoms with E-state index in [1.807, 2.05) is 0 Å². The van der Waals surface area contributed by atoms with Gasteiger partial charge in [0.05, 0.1) is 18.3 Å². The highest BCUT2D eigenvalue weighted by Gasteiger charge is 2.46. The second-order valence-corrected chi connectivity index (χ2v) is 5.42. The van der Waals surface area contributed by atoms with Gasteiger partial charge in [0.2, 0.25) is 0 Å². The molecule has 2 nitrogen and oxygen atoms in total. The first kappa shape index (κ1) is 9.17. The van der Waals surface area contributed by atoms with Gasteiger partial charge in [-0.2, -0.15) is 0 Å². The van der Waals surface area contributed by atoms with Crippen LogP contribution in [0.3, 0.4) is 0 Å². The van der Waals surface area contributed by atoms with Gasteiger partial charge in [0.15, 0.2) is 0 Å². The van der Waals surface area contributed by atoms with E-state index in [1.165, 1.54) is 19.3 Å². The molecule has 0 aromatic heterocycles. The minimum absolute atomic E-state index is 0.199. The summed E-state index contributed by atoms with van der Waals surface area (Å²) in [6.45, 7) is 4.10. The maximum absolute atomic E-state index is 6.18. The highest BCUT2D eigenvalue weighted by molar-refractivity contribution is 4.96. The number of ether oxygens (including phenoxy) is 2. The molecular weight excluding hydrogens is 176 g/mol. The molecule has 80 valence electrons. The molecule has 1 spiro atoms. The minimum atomic E-state index is 0.199. The van der Waals surface area contributed by atoms with Crippen molar-refractivity contribution in [2.45, 2.75) is 50.7 Å². The van der Waals surface area contributed by atoms with Gasteiger partial charge in [-0.3, -0.25) is 0 Å². The molecule has 2 saturated heterocycles. The lowest BCUT2D eigenvalue weighted by molar-refractivity contribution is -0.136. The predicted molar refractivity (Wildman–Crippen MR) is 54.2 cm³/mol. The highest BCUT2D eigenvalue weighted by atomic mass is 16.5. The summed E-state index contributed by atoms with van der Waals surface area (Å²) >= 11 is 0.